The van der Waals surface area contributed by atoms with Crippen LogP contribution in [0.3, 0.4) is 0 Å². The first kappa shape index (κ1) is 19.0. The van der Waals surface area contributed by atoms with E-state index in [9.17, 15) is 9.59 Å². The smallest absolute Gasteiger partial charge is 0.311 e. The number of carbonyl (C=O) groups excluding carboxylic acids is 2. The third-order valence-corrected chi connectivity index (χ3v) is 3.66. The van der Waals surface area contributed by atoms with Crippen LogP contribution in [-0.4, -0.2) is 36.9 Å². The van der Waals surface area contributed by atoms with Gasteiger partial charge in [-0.3, -0.25) is 9.59 Å². The van der Waals surface area contributed by atoms with Gasteiger partial charge in [-0.05, 0) is 30.5 Å². The van der Waals surface area contributed by atoms with Gasteiger partial charge < -0.3 is 15.0 Å². The molecular weight excluding hydrogens is 292 g/mol. The van der Waals surface area contributed by atoms with Crippen LogP contribution < -0.4 is 10.1 Å². The molecule has 1 N–H and O–H groups in total. The Labute approximate surface area is 139 Å². The van der Waals surface area contributed by atoms with Crippen molar-refractivity contribution in [1.29, 1.82) is 0 Å². The van der Waals surface area contributed by atoms with Gasteiger partial charge in [0.05, 0.1) is 7.11 Å². The minimum Gasteiger partial charge on any atom is -0.497 e. The van der Waals surface area contributed by atoms with Crippen LogP contribution in [-0.2, 0) is 16.1 Å². The summed E-state index contributed by atoms with van der Waals surface area (Å²) in [6.45, 7) is 5.78. The standard InChI is InChI=1S/C18H28N2O3/c1-4-6-12-20(13-7-5-2)18(22)17(21)19-14-15-8-10-16(23-3)11-9-15/h8-11H,4-7,12-14H2,1-3H3,(H,19,21). The molecule has 0 aliphatic carbocycles. The quantitative estimate of drug-likeness (QED) is 0.712. The molecule has 0 aliphatic heterocycles. The maximum Gasteiger partial charge on any atom is 0.311 e. The number of nitrogens with zero attached hydrogens (tertiary/aromatic N) is 1. The molecule has 0 fully saturated rings. The third-order valence-electron chi connectivity index (χ3n) is 3.66. The van der Waals surface area contributed by atoms with Crippen molar-refractivity contribution in [2.24, 2.45) is 0 Å². The molecule has 1 rings (SSSR count). The van der Waals surface area contributed by atoms with Crippen molar-refractivity contribution in [2.75, 3.05) is 20.2 Å². The number of ether oxygens (including phenoxy) is 1. The number of hydrogen-bond acceptors (Lipinski definition) is 3. The lowest BCUT2D eigenvalue weighted by atomic mass is 10.2. The molecule has 0 bridgehead atoms. The van der Waals surface area contributed by atoms with Crippen molar-refractivity contribution in [3.05, 3.63) is 29.8 Å². The van der Waals surface area contributed by atoms with Gasteiger partial charge in [0.2, 0.25) is 0 Å². The second-order valence-corrected chi connectivity index (χ2v) is 5.53. The van der Waals surface area contributed by atoms with E-state index in [-0.39, 0.29) is 0 Å². The predicted octanol–water partition coefficient (Wildman–Crippen LogP) is 2.74. The molecule has 0 aliphatic rings. The number of amides is 2. The minimum absolute atomic E-state index is 0.337. The molecule has 0 atom stereocenters. The lowest BCUT2D eigenvalue weighted by molar-refractivity contribution is -0.146. The highest BCUT2D eigenvalue weighted by Gasteiger charge is 2.20. The fourth-order valence-corrected chi connectivity index (χ4v) is 2.16. The molecule has 0 saturated heterocycles. The summed E-state index contributed by atoms with van der Waals surface area (Å²) in [7, 11) is 1.61. The fourth-order valence-electron chi connectivity index (χ4n) is 2.16. The summed E-state index contributed by atoms with van der Waals surface area (Å²) < 4.78 is 5.09. The summed E-state index contributed by atoms with van der Waals surface area (Å²) in [5.41, 5.74) is 0.931. The number of rotatable bonds is 9. The zero-order valence-electron chi connectivity index (χ0n) is 14.4. The van der Waals surface area contributed by atoms with Gasteiger partial charge in [0.25, 0.3) is 0 Å². The number of nitrogens with one attached hydrogen (secondary N) is 1. The molecule has 0 radical (unpaired) electrons. The van der Waals surface area contributed by atoms with Crippen LogP contribution in [0.15, 0.2) is 24.3 Å². The van der Waals surface area contributed by atoms with Gasteiger partial charge >= 0.3 is 11.8 Å². The summed E-state index contributed by atoms with van der Waals surface area (Å²) in [6, 6.07) is 7.40. The molecule has 0 heterocycles. The van der Waals surface area contributed by atoms with Crippen LogP contribution in [0.4, 0.5) is 0 Å². The first-order chi connectivity index (χ1) is 11.1. The van der Waals surface area contributed by atoms with E-state index < -0.39 is 11.8 Å². The summed E-state index contributed by atoms with van der Waals surface area (Å²) in [6.07, 6.45) is 3.84. The SMILES string of the molecule is CCCCN(CCCC)C(=O)C(=O)NCc1ccc(OC)cc1. The Hall–Kier alpha value is -2.04. The average Bonchev–Trinajstić information content (AvgIpc) is 2.59. The van der Waals surface area contributed by atoms with Gasteiger partial charge in [-0.1, -0.05) is 38.8 Å². The van der Waals surface area contributed by atoms with Gasteiger partial charge in [-0.15, -0.1) is 0 Å². The molecule has 0 aromatic heterocycles. The first-order valence-corrected chi connectivity index (χ1v) is 8.32. The van der Waals surface area contributed by atoms with Crippen LogP contribution in [0.5, 0.6) is 5.75 Å². The molecule has 0 unspecified atom stereocenters. The fraction of sp³-hybridized carbons (Fsp3) is 0.556. The maximum atomic E-state index is 12.3. The van der Waals surface area contributed by atoms with Crippen LogP contribution in [0.25, 0.3) is 0 Å². The van der Waals surface area contributed by atoms with Gasteiger partial charge in [-0.25, -0.2) is 0 Å². The number of unbranched alkanes of at least 4 members (excludes halogenated alkanes) is 2. The van der Waals surface area contributed by atoms with Gasteiger partial charge in [-0.2, -0.15) is 0 Å². The zero-order valence-corrected chi connectivity index (χ0v) is 14.4. The largest absolute Gasteiger partial charge is 0.497 e. The normalized spacial score (nSPS) is 10.2. The number of hydrogen-bond donors (Lipinski definition) is 1. The average molecular weight is 320 g/mol. The molecule has 5 nitrogen and oxygen atoms in total. The third kappa shape index (κ3) is 6.72. The van der Waals surface area contributed by atoms with Crippen LogP contribution in [0.1, 0.15) is 45.1 Å². The van der Waals surface area contributed by atoms with E-state index in [0.29, 0.717) is 19.6 Å². The van der Waals surface area contributed by atoms with Crippen molar-refractivity contribution in [3.63, 3.8) is 0 Å². The van der Waals surface area contributed by atoms with Crippen molar-refractivity contribution in [3.8, 4) is 5.75 Å². The van der Waals surface area contributed by atoms with Crippen LogP contribution in [0, 0.1) is 0 Å². The first-order valence-electron chi connectivity index (χ1n) is 8.32. The Morgan fingerprint density at radius 3 is 2.09 bits per heavy atom. The lowest BCUT2D eigenvalue weighted by Gasteiger charge is -2.21. The molecule has 5 heteroatoms. The number of methoxy groups -OCH3 is 1. The highest BCUT2D eigenvalue weighted by molar-refractivity contribution is 6.34. The molecule has 128 valence electrons. The molecular formula is C18H28N2O3. The summed E-state index contributed by atoms with van der Waals surface area (Å²) >= 11 is 0. The second-order valence-electron chi connectivity index (χ2n) is 5.53. The van der Waals surface area contributed by atoms with Crippen LogP contribution >= 0.6 is 0 Å². The Morgan fingerprint density at radius 2 is 1.61 bits per heavy atom. The summed E-state index contributed by atoms with van der Waals surface area (Å²) in [5, 5.41) is 2.70. The zero-order chi connectivity index (χ0) is 17.1. The molecule has 23 heavy (non-hydrogen) atoms. The Bertz CT molecular complexity index is 478. The molecule has 1 aromatic carbocycles. The topological polar surface area (TPSA) is 58.6 Å². The van der Waals surface area contributed by atoms with Gasteiger partial charge in [0, 0.05) is 19.6 Å². The molecule has 0 saturated carbocycles. The summed E-state index contributed by atoms with van der Waals surface area (Å²) in [4.78, 5) is 26.0. The van der Waals surface area contributed by atoms with E-state index in [0.717, 1.165) is 37.0 Å². The van der Waals surface area contributed by atoms with E-state index in [4.69, 9.17) is 4.74 Å². The van der Waals surface area contributed by atoms with E-state index in [2.05, 4.69) is 19.2 Å². The number of benzene rings is 1. The summed E-state index contributed by atoms with van der Waals surface area (Å²) in [5.74, 6) is -0.199. The van der Waals surface area contributed by atoms with Gasteiger partial charge in [0.15, 0.2) is 0 Å². The van der Waals surface area contributed by atoms with Crippen molar-refractivity contribution in [2.45, 2.75) is 46.1 Å². The number of carbonyl (C=O) groups is 2. The van der Waals surface area contributed by atoms with E-state index in [1.807, 2.05) is 24.3 Å². The van der Waals surface area contributed by atoms with Crippen molar-refractivity contribution < 1.29 is 14.3 Å². The maximum absolute atomic E-state index is 12.3. The van der Waals surface area contributed by atoms with Crippen LogP contribution in [0.2, 0.25) is 0 Å². The predicted molar refractivity (Wildman–Crippen MR) is 91.2 cm³/mol. The second kappa shape index (κ2) is 10.6. The molecule has 2 amide bonds. The lowest BCUT2D eigenvalue weighted by Crippen LogP contribution is -2.43. The molecule has 1 aromatic rings. The van der Waals surface area contributed by atoms with E-state index in [1.165, 1.54) is 0 Å². The van der Waals surface area contributed by atoms with E-state index in [1.54, 1.807) is 12.0 Å². The molecule has 0 spiro atoms. The van der Waals surface area contributed by atoms with E-state index >= 15 is 0 Å². The van der Waals surface area contributed by atoms with Crippen molar-refractivity contribution in [1.82, 2.24) is 10.2 Å². The Kier molecular flexibility index (Phi) is 8.80. The Balaban J connectivity index is 2.53. The monoisotopic (exact) mass is 320 g/mol. The highest BCUT2D eigenvalue weighted by atomic mass is 16.5. The Morgan fingerprint density at radius 1 is 1.04 bits per heavy atom. The highest BCUT2D eigenvalue weighted by Crippen LogP contribution is 2.11. The minimum atomic E-state index is -0.534. The van der Waals surface area contributed by atoms with Gasteiger partial charge in [0.1, 0.15) is 5.75 Å². The van der Waals surface area contributed by atoms with Crippen molar-refractivity contribution >= 4 is 11.8 Å².